The van der Waals surface area contributed by atoms with Gasteiger partial charge >= 0.3 is 0 Å². The first-order chi connectivity index (χ1) is 4.43. The summed E-state index contributed by atoms with van der Waals surface area (Å²) in [6.45, 7) is 0. The second kappa shape index (κ2) is 2.99. The molecule has 0 aliphatic heterocycles. The first-order valence-electron chi connectivity index (χ1n) is 2.11. The minimum Gasteiger partial charge on any atom is -0.225 e. The zero-order valence-corrected chi connectivity index (χ0v) is 5.17. The first-order valence-corrected chi connectivity index (χ1v) is 2.93. The Hall–Kier alpha value is -1.15. The van der Waals surface area contributed by atoms with E-state index in [4.69, 9.17) is 5.26 Å². The maximum absolute atomic E-state index is 8.13. The highest BCUT2D eigenvalue weighted by Gasteiger charge is 1.90. The molecule has 1 aromatic rings. The van der Waals surface area contributed by atoms with E-state index < -0.39 is 0 Å². The zero-order chi connectivity index (χ0) is 6.53. The van der Waals surface area contributed by atoms with Gasteiger partial charge in [0.2, 0.25) is 5.16 Å². The molecule has 44 valence electrons. The van der Waals surface area contributed by atoms with Gasteiger partial charge in [-0.25, -0.2) is 15.0 Å². The summed E-state index contributed by atoms with van der Waals surface area (Å²) >= 11 is 0.919. The molecule has 1 rings (SSSR count). The fourth-order valence-corrected chi connectivity index (χ4v) is 0.603. The van der Waals surface area contributed by atoms with E-state index in [9.17, 15) is 0 Å². The van der Waals surface area contributed by atoms with Crippen molar-refractivity contribution in [1.29, 1.82) is 5.26 Å². The number of nitrogens with zero attached hydrogens (tertiary/aromatic N) is 4. The molecule has 9 heavy (non-hydrogen) atoms. The first kappa shape index (κ1) is 5.98. The van der Waals surface area contributed by atoms with E-state index in [2.05, 4.69) is 15.0 Å². The van der Waals surface area contributed by atoms with Crippen molar-refractivity contribution in [3.63, 3.8) is 0 Å². The van der Waals surface area contributed by atoms with Gasteiger partial charge in [0.1, 0.15) is 18.1 Å². The maximum atomic E-state index is 8.13. The van der Waals surface area contributed by atoms with Gasteiger partial charge in [0.05, 0.1) is 0 Å². The van der Waals surface area contributed by atoms with Crippen LogP contribution < -0.4 is 0 Å². The highest BCUT2D eigenvalue weighted by molar-refractivity contribution is 8.03. The van der Waals surface area contributed by atoms with Gasteiger partial charge in [-0.3, -0.25) is 0 Å². The Balaban J connectivity index is 2.76. The van der Waals surface area contributed by atoms with Crippen molar-refractivity contribution in [3.8, 4) is 5.40 Å². The molecule has 0 N–H and O–H groups in total. The van der Waals surface area contributed by atoms with Gasteiger partial charge in [-0.15, -0.1) is 0 Å². The zero-order valence-electron chi connectivity index (χ0n) is 4.35. The van der Waals surface area contributed by atoms with Crippen LogP contribution in [0.2, 0.25) is 0 Å². The van der Waals surface area contributed by atoms with Gasteiger partial charge in [0.25, 0.3) is 0 Å². The van der Waals surface area contributed by atoms with Crippen molar-refractivity contribution < 1.29 is 0 Å². The summed E-state index contributed by atoms with van der Waals surface area (Å²) in [6, 6.07) is 0. The van der Waals surface area contributed by atoms with Crippen LogP contribution in [0.4, 0.5) is 0 Å². The van der Waals surface area contributed by atoms with Crippen molar-refractivity contribution in [3.05, 3.63) is 12.7 Å². The summed E-state index contributed by atoms with van der Waals surface area (Å²) < 4.78 is 0. The van der Waals surface area contributed by atoms with E-state index in [1.807, 2.05) is 5.40 Å². The molecule has 0 bridgehead atoms. The molecule has 0 radical (unpaired) electrons. The minimum atomic E-state index is 0.438. The number of nitriles is 1. The number of rotatable bonds is 1. The number of hydrogen-bond acceptors (Lipinski definition) is 5. The second-order valence-corrected chi connectivity index (χ2v) is 1.87. The van der Waals surface area contributed by atoms with Crippen molar-refractivity contribution in [2.75, 3.05) is 0 Å². The molecule has 0 aromatic carbocycles. The Bertz CT molecular complexity index is 216. The van der Waals surface area contributed by atoms with Crippen molar-refractivity contribution in [2.24, 2.45) is 0 Å². The molecular formula is C4H2N4S. The summed E-state index contributed by atoms with van der Waals surface area (Å²) in [5.41, 5.74) is 0. The van der Waals surface area contributed by atoms with Crippen LogP contribution in [0.25, 0.3) is 0 Å². The molecule has 1 aromatic heterocycles. The van der Waals surface area contributed by atoms with Crippen LogP contribution in [0.1, 0.15) is 0 Å². The molecule has 0 aliphatic rings. The van der Waals surface area contributed by atoms with E-state index in [0.717, 1.165) is 11.8 Å². The molecule has 0 aliphatic carbocycles. The van der Waals surface area contributed by atoms with Gasteiger partial charge in [-0.2, -0.15) is 5.26 Å². The summed E-state index contributed by atoms with van der Waals surface area (Å²) in [7, 11) is 0. The third-order valence-corrected chi connectivity index (χ3v) is 1.09. The van der Waals surface area contributed by atoms with Gasteiger partial charge in [-0.05, 0) is 0 Å². The number of aromatic nitrogens is 3. The molecule has 4 nitrogen and oxygen atoms in total. The molecular weight excluding hydrogens is 136 g/mol. The number of hydrogen-bond donors (Lipinski definition) is 0. The minimum absolute atomic E-state index is 0.438. The smallest absolute Gasteiger partial charge is 0.205 e. The molecule has 1 heterocycles. The Kier molecular flexibility index (Phi) is 1.99. The molecule has 0 saturated carbocycles. The maximum Gasteiger partial charge on any atom is 0.205 e. The topological polar surface area (TPSA) is 62.5 Å². The fourth-order valence-electron chi connectivity index (χ4n) is 0.322. The lowest BCUT2D eigenvalue weighted by Gasteiger charge is -1.84. The number of thiocyanates is 1. The van der Waals surface area contributed by atoms with Crippen LogP contribution >= 0.6 is 11.8 Å². The Morgan fingerprint density at radius 3 is 2.67 bits per heavy atom. The van der Waals surface area contributed by atoms with Gasteiger partial charge < -0.3 is 0 Å². The Morgan fingerprint density at radius 1 is 1.44 bits per heavy atom. The highest BCUT2D eigenvalue weighted by Crippen LogP contribution is 2.05. The Morgan fingerprint density at radius 2 is 2.11 bits per heavy atom. The predicted octanol–water partition coefficient (Wildman–Crippen LogP) is 0.445. The molecule has 0 saturated heterocycles. The van der Waals surface area contributed by atoms with Gasteiger partial charge in [0, 0.05) is 11.8 Å². The van der Waals surface area contributed by atoms with Gasteiger partial charge in [0.15, 0.2) is 0 Å². The SMILES string of the molecule is N#CSc1ncncn1. The van der Waals surface area contributed by atoms with Crippen LogP contribution in [0, 0.1) is 10.7 Å². The normalized spacial score (nSPS) is 8.33. The molecule has 0 atom stereocenters. The van der Waals surface area contributed by atoms with Crippen LogP contribution in [0.3, 0.4) is 0 Å². The largest absolute Gasteiger partial charge is 0.225 e. The van der Waals surface area contributed by atoms with E-state index in [1.54, 1.807) is 0 Å². The molecule has 0 unspecified atom stereocenters. The fraction of sp³-hybridized carbons (Fsp3) is 0. The van der Waals surface area contributed by atoms with E-state index in [0.29, 0.717) is 5.16 Å². The van der Waals surface area contributed by atoms with Crippen LogP contribution in [0.15, 0.2) is 17.8 Å². The quantitative estimate of drug-likeness (QED) is 0.416. The third-order valence-electron chi connectivity index (χ3n) is 0.607. The summed E-state index contributed by atoms with van der Waals surface area (Å²) in [5, 5.41) is 10.4. The summed E-state index contributed by atoms with van der Waals surface area (Å²) in [6.07, 6.45) is 2.71. The van der Waals surface area contributed by atoms with Crippen LogP contribution in [-0.4, -0.2) is 15.0 Å². The van der Waals surface area contributed by atoms with Crippen molar-refractivity contribution in [1.82, 2.24) is 15.0 Å². The highest BCUT2D eigenvalue weighted by atomic mass is 32.2. The van der Waals surface area contributed by atoms with Crippen LogP contribution in [0.5, 0.6) is 0 Å². The van der Waals surface area contributed by atoms with Gasteiger partial charge in [-0.1, -0.05) is 0 Å². The molecule has 0 amide bonds. The van der Waals surface area contributed by atoms with Crippen LogP contribution in [-0.2, 0) is 0 Å². The van der Waals surface area contributed by atoms with E-state index >= 15 is 0 Å². The Labute approximate surface area is 56.0 Å². The predicted molar refractivity (Wildman–Crippen MR) is 31.3 cm³/mol. The molecule has 0 fully saturated rings. The lowest BCUT2D eigenvalue weighted by Crippen LogP contribution is -1.83. The second-order valence-electron chi connectivity index (χ2n) is 1.11. The number of thioether (sulfide) groups is 1. The average Bonchev–Trinajstić information content (AvgIpc) is 1.91. The summed E-state index contributed by atoms with van der Waals surface area (Å²) in [5.74, 6) is 0. The monoisotopic (exact) mass is 138 g/mol. The summed E-state index contributed by atoms with van der Waals surface area (Å²) in [4.78, 5) is 11.0. The molecule has 0 spiro atoms. The third kappa shape index (κ3) is 1.66. The van der Waals surface area contributed by atoms with Crippen molar-refractivity contribution in [2.45, 2.75) is 5.16 Å². The lowest BCUT2D eigenvalue weighted by molar-refractivity contribution is 0.905. The molecule has 5 heteroatoms. The average molecular weight is 138 g/mol. The van der Waals surface area contributed by atoms with Crippen molar-refractivity contribution >= 4 is 11.8 Å². The van der Waals surface area contributed by atoms with E-state index in [1.165, 1.54) is 12.7 Å². The lowest BCUT2D eigenvalue weighted by atomic mass is 11.1. The van der Waals surface area contributed by atoms with E-state index in [-0.39, 0.29) is 0 Å². The standard InChI is InChI=1S/C4H2N4S/c5-1-9-4-7-2-6-3-8-4/h2-3H.